The smallest absolute Gasteiger partial charge is 0.421 e. The van der Waals surface area contributed by atoms with E-state index in [0.29, 0.717) is 5.92 Å². The van der Waals surface area contributed by atoms with Crippen molar-refractivity contribution in [1.82, 2.24) is 9.80 Å². The van der Waals surface area contributed by atoms with E-state index < -0.39 is 29.6 Å². The molecule has 0 aromatic heterocycles. The van der Waals surface area contributed by atoms with Gasteiger partial charge in [-0.15, -0.1) is 0 Å². The summed E-state index contributed by atoms with van der Waals surface area (Å²) in [5, 5.41) is 0. The fraction of sp³-hybridized carbons (Fsp3) is 0.600. The highest BCUT2D eigenvalue weighted by Gasteiger charge is 2.34. The first-order valence-corrected chi connectivity index (χ1v) is 11.1. The van der Waals surface area contributed by atoms with Gasteiger partial charge >= 0.3 is 12.2 Å². The number of hydrogen-bond donors (Lipinski definition) is 1. The Hall–Kier alpha value is -2.38. The molecule has 0 spiro atoms. The van der Waals surface area contributed by atoms with Crippen molar-refractivity contribution in [3.05, 3.63) is 41.0 Å². The number of rotatable bonds is 4. The van der Waals surface area contributed by atoms with Gasteiger partial charge in [0.1, 0.15) is 11.2 Å². The van der Waals surface area contributed by atoms with Crippen LogP contribution in [0.2, 0.25) is 0 Å². The van der Waals surface area contributed by atoms with Crippen LogP contribution >= 0.6 is 0 Å². The number of hydrogen-bond acceptors (Lipinski definition) is 6. The molecule has 0 radical (unpaired) electrons. The number of benzene rings is 1. The molecular weight excluding hydrogens is 406 g/mol. The summed E-state index contributed by atoms with van der Waals surface area (Å²) in [5.74, 6) is 0.506. The Bertz CT molecular complexity index is 824. The molecule has 1 aliphatic rings. The molecule has 1 aromatic carbocycles. The summed E-state index contributed by atoms with van der Waals surface area (Å²) >= 11 is 0. The van der Waals surface area contributed by atoms with Gasteiger partial charge in [-0.1, -0.05) is 37.3 Å². The molecule has 0 aliphatic carbocycles. The van der Waals surface area contributed by atoms with Gasteiger partial charge in [-0.2, -0.15) is 4.90 Å². The van der Waals surface area contributed by atoms with Crippen molar-refractivity contribution in [2.45, 2.75) is 84.7 Å². The van der Waals surface area contributed by atoms with Crippen LogP contribution in [0.25, 0.3) is 6.08 Å². The Labute approximate surface area is 192 Å². The van der Waals surface area contributed by atoms with Crippen LogP contribution in [0, 0.1) is 0 Å². The summed E-state index contributed by atoms with van der Waals surface area (Å²) in [6.45, 7) is 14.6. The number of carbonyl (C=O) groups is 2. The third kappa shape index (κ3) is 7.64. The molecule has 1 heterocycles. The molecule has 2 N–H and O–H groups in total. The van der Waals surface area contributed by atoms with Crippen LogP contribution in [-0.4, -0.2) is 52.9 Å². The average molecular weight is 446 g/mol. The molecule has 0 saturated heterocycles. The van der Waals surface area contributed by atoms with Gasteiger partial charge in [-0.25, -0.2) is 9.59 Å². The number of likely N-dealkylation sites (N-methyl/N-ethyl adjacent to an activating group) is 1. The Morgan fingerprint density at radius 1 is 1.16 bits per heavy atom. The van der Waals surface area contributed by atoms with Crippen LogP contribution in [-0.2, 0) is 16.0 Å². The average Bonchev–Trinajstić information content (AvgIpc) is 2.58. The normalized spacial score (nSPS) is 18.2. The highest BCUT2D eigenvalue weighted by molar-refractivity contribution is 5.88. The van der Waals surface area contributed by atoms with Crippen molar-refractivity contribution in [3.8, 4) is 0 Å². The highest BCUT2D eigenvalue weighted by Crippen LogP contribution is 2.28. The molecule has 0 bridgehead atoms. The quantitative estimate of drug-likeness (QED) is 0.649. The zero-order valence-corrected chi connectivity index (χ0v) is 20.8. The molecule has 2 rings (SSSR count). The van der Waals surface area contributed by atoms with Crippen molar-refractivity contribution < 1.29 is 19.1 Å². The van der Waals surface area contributed by atoms with E-state index in [1.54, 1.807) is 41.5 Å². The summed E-state index contributed by atoms with van der Waals surface area (Å²) in [4.78, 5) is 28.5. The summed E-state index contributed by atoms with van der Waals surface area (Å²) < 4.78 is 10.8. The number of nitrogens with two attached hydrogens (primary N) is 1. The highest BCUT2D eigenvalue weighted by atomic mass is 16.6. The molecule has 2 amide bonds. The first-order chi connectivity index (χ1) is 14.7. The minimum Gasteiger partial charge on any atom is -0.443 e. The van der Waals surface area contributed by atoms with Gasteiger partial charge in [0, 0.05) is 13.1 Å². The van der Waals surface area contributed by atoms with E-state index >= 15 is 0 Å². The first kappa shape index (κ1) is 25.9. The molecule has 2 unspecified atom stereocenters. The van der Waals surface area contributed by atoms with Crippen molar-refractivity contribution >= 4 is 18.3 Å². The van der Waals surface area contributed by atoms with Gasteiger partial charge in [0.25, 0.3) is 0 Å². The number of fused-ring (bicyclic) bond motifs is 1. The number of imide groups is 1. The minimum atomic E-state index is -0.917. The number of carbonyl (C=O) groups excluding carboxylic acids is 2. The number of ether oxygens (including phenoxy) is 2. The molecule has 1 aromatic rings. The van der Waals surface area contributed by atoms with Crippen molar-refractivity contribution in [2.24, 2.45) is 5.73 Å². The predicted octanol–water partition coefficient (Wildman–Crippen LogP) is 5.10. The number of amides is 2. The fourth-order valence-corrected chi connectivity index (χ4v) is 3.68. The molecule has 2 atom stereocenters. The lowest BCUT2D eigenvalue weighted by Gasteiger charge is -2.31. The van der Waals surface area contributed by atoms with Gasteiger partial charge in [-0.05, 0) is 77.6 Å². The van der Waals surface area contributed by atoms with E-state index in [0.717, 1.165) is 23.6 Å². The lowest BCUT2D eigenvalue weighted by Crippen LogP contribution is -2.52. The topological polar surface area (TPSA) is 85.1 Å². The molecule has 32 heavy (non-hydrogen) atoms. The maximum atomic E-state index is 12.7. The summed E-state index contributed by atoms with van der Waals surface area (Å²) in [6.07, 6.45) is 1.54. The van der Waals surface area contributed by atoms with Crippen molar-refractivity contribution in [3.63, 3.8) is 0 Å². The molecule has 7 nitrogen and oxygen atoms in total. The van der Waals surface area contributed by atoms with Crippen LogP contribution in [0.3, 0.4) is 0 Å². The first-order valence-electron chi connectivity index (χ1n) is 11.1. The maximum Gasteiger partial charge on any atom is 0.421 e. The van der Waals surface area contributed by atoms with Gasteiger partial charge in [0.2, 0.25) is 0 Å². The van der Waals surface area contributed by atoms with Gasteiger partial charge in [-0.3, -0.25) is 0 Å². The molecule has 0 fully saturated rings. The van der Waals surface area contributed by atoms with Crippen LogP contribution in [0.15, 0.2) is 24.3 Å². The van der Waals surface area contributed by atoms with Gasteiger partial charge < -0.3 is 20.1 Å². The third-order valence-electron chi connectivity index (χ3n) is 4.92. The molecule has 0 saturated carbocycles. The van der Waals surface area contributed by atoms with Crippen LogP contribution in [0.1, 0.15) is 77.5 Å². The number of nitrogens with zero attached hydrogens (tertiary/aromatic N) is 2. The predicted molar refractivity (Wildman–Crippen MR) is 127 cm³/mol. The fourth-order valence-electron chi connectivity index (χ4n) is 3.68. The summed E-state index contributed by atoms with van der Waals surface area (Å²) in [7, 11) is 2.13. The van der Waals surface area contributed by atoms with E-state index in [4.69, 9.17) is 15.2 Å². The zero-order valence-electron chi connectivity index (χ0n) is 20.8. The second-order valence-corrected chi connectivity index (χ2v) is 10.6. The Balaban J connectivity index is 2.14. The van der Waals surface area contributed by atoms with E-state index in [1.807, 2.05) is 12.2 Å². The van der Waals surface area contributed by atoms with E-state index in [2.05, 4.69) is 37.1 Å². The monoisotopic (exact) mass is 445 g/mol. The SMILES string of the molecule is CC1CN(C)Cc2cc(/C=C/CC(N)N(C(=O)OC(C)(C)C)C(=O)OC(C)(C)C)ccc21. The van der Waals surface area contributed by atoms with Crippen molar-refractivity contribution in [1.29, 1.82) is 0 Å². The molecule has 1 aliphatic heterocycles. The standard InChI is InChI=1S/C25H39N3O4/c1-17-15-27(8)16-19-14-18(12-13-20(17)19)10-9-11-21(26)28(22(29)31-24(2,3)4)23(30)32-25(5,6)7/h9-10,12-14,17,21H,11,15-16,26H2,1-8H3/b10-9+. The second-order valence-electron chi connectivity index (χ2n) is 10.6. The second kappa shape index (κ2) is 10.0. The largest absolute Gasteiger partial charge is 0.443 e. The van der Waals surface area contributed by atoms with Gasteiger partial charge in [0.15, 0.2) is 0 Å². The van der Waals surface area contributed by atoms with E-state index in [-0.39, 0.29) is 6.42 Å². The van der Waals surface area contributed by atoms with Crippen molar-refractivity contribution in [2.75, 3.05) is 13.6 Å². The lowest BCUT2D eigenvalue weighted by molar-refractivity contribution is -0.00651. The molecular formula is C25H39N3O4. The lowest BCUT2D eigenvalue weighted by atomic mass is 9.90. The zero-order chi connectivity index (χ0) is 24.3. The van der Waals surface area contributed by atoms with E-state index in [9.17, 15) is 9.59 Å². The minimum absolute atomic E-state index is 0.270. The molecule has 7 heteroatoms. The van der Waals surface area contributed by atoms with Gasteiger partial charge in [0.05, 0.1) is 6.17 Å². The van der Waals surface area contributed by atoms with Crippen LogP contribution < -0.4 is 5.73 Å². The van der Waals surface area contributed by atoms with E-state index in [1.165, 1.54) is 11.1 Å². The summed E-state index contributed by atoms with van der Waals surface area (Å²) in [5.41, 5.74) is 8.47. The Morgan fingerprint density at radius 2 is 1.72 bits per heavy atom. The van der Waals surface area contributed by atoms with Crippen LogP contribution in [0.4, 0.5) is 9.59 Å². The summed E-state index contributed by atoms with van der Waals surface area (Å²) in [6, 6.07) is 6.45. The van der Waals surface area contributed by atoms with Crippen LogP contribution in [0.5, 0.6) is 0 Å². The third-order valence-corrected chi connectivity index (χ3v) is 4.92. The Kier molecular flexibility index (Phi) is 8.12. The Morgan fingerprint density at radius 3 is 2.25 bits per heavy atom. The molecule has 178 valence electrons. The maximum absolute atomic E-state index is 12.7.